The van der Waals surface area contributed by atoms with Gasteiger partial charge in [0.15, 0.2) is 5.69 Å². The number of carbonyl (C=O) groups excluding carboxylic acids is 1. The van der Waals surface area contributed by atoms with Gasteiger partial charge < -0.3 is 9.64 Å². The molecule has 0 unspecified atom stereocenters. The fourth-order valence-corrected chi connectivity index (χ4v) is 4.93. The largest absolute Gasteiger partial charge is 0.365 e. The third-order valence-electron chi connectivity index (χ3n) is 6.66. The molecule has 154 valence electrons. The predicted molar refractivity (Wildman–Crippen MR) is 108 cm³/mol. The van der Waals surface area contributed by atoms with Crippen LogP contribution in [0, 0.1) is 0 Å². The summed E-state index contributed by atoms with van der Waals surface area (Å²) in [6.07, 6.45) is 6.65. The van der Waals surface area contributed by atoms with Crippen LogP contribution in [0.5, 0.6) is 0 Å². The van der Waals surface area contributed by atoms with E-state index in [0.717, 1.165) is 37.4 Å². The Hall–Kier alpha value is -2.25. The van der Waals surface area contributed by atoms with Crippen LogP contribution in [0.3, 0.4) is 0 Å². The number of amides is 1. The summed E-state index contributed by atoms with van der Waals surface area (Å²) in [6.45, 7) is 4.44. The van der Waals surface area contributed by atoms with E-state index in [2.05, 4.69) is 27.3 Å². The molecule has 7 heteroatoms. The highest BCUT2D eigenvalue weighted by molar-refractivity contribution is 5.93. The van der Waals surface area contributed by atoms with E-state index in [1.165, 1.54) is 32.1 Å². The molecule has 0 bridgehead atoms. The van der Waals surface area contributed by atoms with Crippen LogP contribution in [0.2, 0.25) is 0 Å². The summed E-state index contributed by atoms with van der Waals surface area (Å²) in [7, 11) is 0. The van der Waals surface area contributed by atoms with Crippen LogP contribution < -0.4 is 0 Å². The van der Waals surface area contributed by atoms with Crippen LogP contribution in [0.1, 0.15) is 60.0 Å². The minimum absolute atomic E-state index is 0.00342. The van der Waals surface area contributed by atoms with E-state index in [1.54, 1.807) is 0 Å². The summed E-state index contributed by atoms with van der Waals surface area (Å²) in [5.41, 5.74) is 2.39. The molecule has 2 aromatic rings. The van der Waals surface area contributed by atoms with Crippen molar-refractivity contribution in [3.63, 3.8) is 0 Å². The monoisotopic (exact) mass is 395 g/mol. The van der Waals surface area contributed by atoms with Gasteiger partial charge >= 0.3 is 0 Å². The quantitative estimate of drug-likeness (QED) is 0.800. The first-order chi connectivity index (χ1) is 14.3. The van der Waals surface area contributed by atoms with Gasteiger partial charge in [0, 0.05) is 32.2 Å². The lowest BCUT2D eigenvalue weighted by Crippen LogP contribution is -2.52. The predicted octanol–water partition coefficient (Wildman–Crippen LogP) is 2.64. The van der Waals surface area contributed by atoms with Gasteiger partial charge in [-0.2, -0.15) is 0 Å². The molecule has 2 aliphatic heterocycles. The van der Waals surface area contributed by atoms with E-state index >= 15 is 0 Å². The van der Waals surface area contributed by atoms with Gasteiger partial charge in [-0.25, -0.2) is 4.68 Å². The summed E-state index contributed by atoms with van der Waals surface area (Å²) >= 11 is 0. The Kier molecular flexibility index (Phi) is 5.33. The minimum Gasteiger partial charge on any atom is -0.365 e. The van der Waals surface area contributed by atoms with Gasteiger partial charge in [0.05, 0.1) is 18.8 Å². The highest BCUT2D eigenvalue weighted by Crippen LogP contribution is 2.28. The number of nitrogens with zero attached hydrogens (tertiary/aromatic N) is 5. The van der Waals surface area contributed by atoms with Gasteiger partial charge in [-0.1, -0.05) is 54.8 Å². The van der Waals surface area contributed by atoms with Gasteiger partial charge in [-0.3, -0.25) is 9.69 Å². The second-order valence-electron chi connectivity index (χ2n) is 8.40. The molecule has 1 saturated heterocycles. The first-order valence-electron chi connectivity index (χ1n) is 10.9. The van der Waals surface area contributed by atoms with Gasteiger partial charge in [0.25, 0.3) is 5.91 Å². The van der Waals surface area contributed by atoms with Crippen molar-refractivity contribution in [2.24, 2.45) is 0 Å². The van der Waals surface area contributed by atoms with Crippen LogP contribution in [0.25, 0.3) is 0 Å². The van der Waals surface area contributed by atoms with Crippen LogP contribution in [-0.4, -0.2) is 62.9 Å². The third-order valence-corrected chi connectivity index (χ3v) is 6.66. The molecule has 7 nitrogen and oxygen atoms in total. The smallest absolute Gasteiger partial charge is 0.276 e. The number of rotatable bonds is 3. The summed E-state index contributed by atoms with van der Waals surface area (Å²) in [5.74, 6) is -0.00342. The molecular formula is C22H29N5O2. The number of hydrogen-bond donors (Lipinski definition) is 0. The highest BCUT2D eigenvalue weighted by atomic mass is 16.5. The Morgan fingerprint density at radius 2 is 1.76 bits per heavy atom. The zero-order chi connectivity index (χ0) is 19.6. The SMILES string of the molecule is O=C(c1nnn2c1CO[C@@H](c1ccccc1)C2)N1CCN(C2CCCCC2)CC1. The van der Waals surface area contributed by atoms with Crippen molar-refractivity contribution in [2.45, 2.75) is 57.4 Å². The standard InChI is InChI=1S/C22H29N5O2/c28-22(26-13-11-25(12-14-26)18-9-5-2-6-10-18)21-19-16-29-20(15-27(19)24-23-21)17-7-3-1-4-8-17/h1,3-4,7-8,18,20H,2,5-6,9-16H2/t20-/m1/s1. The molecule has 0 N–H and O–H groups in total. The average Bonchev–Trinajstić information content (AvgIpc) is 3.23. The normalized spacial score (nSPS) is 23.7. The molecule has 1 saturated carbocycles. The van der Waals surface area contributed by atoms with Crippen LogP contribution >= 0.6 is 0 Å². The molecule has 0 radical (unpaired) electrons. The molecule has 3 heterocycles. The van der Waals surface area contributed by atoms with Crippen molar-refractivity contribution in [1.29, 1.82) is 0 Å². The summed E-state index contributed by atoms with van der Waals surface area (Å²) in [6, 6.07) is 10.9. The lowest BCUT2D eigenvalue weighted by Gasteiger charge is -2.40. The van der Waals surface area contributed by atoms with E-state index in [-0.39, 0.29) is 12.0 Å². The maximum absolute atomic E-state index is 13.1. The van der Waals surface area contributed by atoms with E-state index in [0.29, 0.717) is 24.9 Å². The van der Waals surface area contributed by atoms with Crippen LogP contribution in [0.4, 0.5) is 0 Å². The van der Waals surface area contributed by atoms with Crippen molar-refractivity contribution in [3.05, 3.63) is 47.3 Å². The molecule has 3 aliphatic rings. The molecule has 1 aliphatic carbocycles. The number of fused-ring (bicyclic) bond motifs is 1. The number of piperazine rings is 1. The maximum Gasteiger partial charge on any atom is 0.276 e. The Labute approximate surface area is 171 Å². The molecule has 1 aromatic carbocycles. The zero-order valence-corrected chi connectivity index (χ0v) is 16.9. The summed E-state index contributed by atoms with van der Waals surface area (Å²) < 4.78 is 7.88. The topological polar surface area (TPSA) is 63.5 Å². The fourth-order valence-electron chi connectivity index (χ4n) is 4.93. The number of hydrogen-bond acceptors (Lipinski definition) is 5. The molecule has 2 fully saturated rings. The number of ether oxygens (including phenoxy) is 1. The summed E-state index contributed by atoms with van der Waals surface area (Å²) in [5, 5.41) is 8.50. The third kappa shape index (κ3) is 3.81. The van der Waals surface area contributed by atoms with Crippen molar-refractivity contribution >= 4 is 5.91 Å². The van der Waals surface area contributed by atoms with Gasteiger partial charge in [0.1, 0.15) is 6.10 Å². The summed E-state index contributed by atoms with van der Waals surface area (Å²) in [4.78, 5) is 17.6. The van der Waals surface area contributed by atoms with E-state index in [1.807, 2.05) is 27.8 Å². The average molecular weight is 396 g/mol. The lowest BCUT2D eigenvalue weighted by molar-refractivity contribution is -0.00210. The van der Waals surface area contributed by atoms with Crippen molar-refractivity contribution in [2.75, 3.05) is 26.2 Å². The first-order valence-corrected chi connectivity index (χ1v) is 10.9. The lowest BCUT2D eigenvalue weighted by atomic mass is 9.94. The second kappa shape index (κ2) is 8.24. The fraction of sp³-hybridized carbons (Fsp3) is 0.591. The highest BCUT2D eigenvalue weighted by Gasteiger charge is 2.32. The molecule has 1 atom stereocenters. The van der Waals surface area contributed by atoms with E-state index in [4.69, 9.17) is 4.74 Å². The van der Waals surface area contributed by atoms with Gasteiger partial charge in [-0.15, -0.1) is 5.10 Å². The number of benzene rings is 1. The van der Waals surface area contributed by atoms with Crippen molar-refractivity contribution in [3.8, 4) is 0 Å². The first kappa shape index (κ1) is 18.8. The molecule has 1 aromatic heterocycles. The van der Waals surface area contributed by atoms with Crippen molar-refractivity contribution in [1.82, 2.24) is 24.8 Å². The number of carbonyl (C=O) groups is 1. The van der Waals surface area contributed by atoms with Crippen LogP contribution in [-0.2, 0) is 17.9 Å². The molecule has 5 rings (SSSR count). The Balaban J connectivity index is 1.23. The van der Waals surface area contributed by atoms with Gasteiger partial charge in [0.2, 0.25) is 0 Å². The molecular weight excluding hydrogens is 366 g/mol. The minimum atomic E-state index is -0.0487. The second-order valence-corrected chi connectivity index (χ2v) is 8.40. The number of aromatic nitrogens is 3. The molecule has 29 heavy (non-hydrogen) atoms. The molecule has 1 amide bonds. The van der Waals surface area contributed by atoms with Gasteiger partial charge in [-0.05, 0) is 18.4 Å². The van der Waals surface area contributed by atoms with Crippen LogP contribution in [0.15, 0.2) is 30.3 Å². The van der Waals surface area contributed by atoms with E-state index < -0.39 is 0 Å². The van der Waals surface area contributed by atoms with Crippen molar-refractivity contribution < 1.29 is 9.53 Å². The maximum atomic E-state index is 13.1. The zero-order valence-electron chi connectivity index (χ0n) is 16.9. The Morgan fingerprint density at radius 3 is 2.52 bits per heavy atom. The van der Waals surface area contributed by atoms with E-state index in [9.17, 15) is 4.79 Å². The molecule has 0 spiro atoms. The Bertz CT molecular complexity index is 838. The Morgan fingerprint density at radius 1 is 1.00 bits per heavy atom.